The number of esters is 1. The lowest BCUT2D eigenvalue weighted by molar-refractivity contribution is 0.0602. The second kappa shape index (κ2) is 7.06. The second-order valence-electron chi connectivity index (χ2n) is 5.53. The average molecular weight is 382 g/mol. The summed E-state index contributed by atoms with van der Waals surface area (Å²) in [7, 11) is -2.50. The van der Waals surface area contributed by atoms with Crippen LogP contribution in [0.25, 0.3) is 0 Å². The number of ether oxygens (including phenoxy) is 1. The lowest BCUT2D eigenvalue weighted by Gasteiger charge is -2.34. The number of hydrogen-bond donors (Lipinski definition) is 0. The minimum atomic E-state index is -3.74. The number of carbonyl (C=O) groups excluding carboxylic acids is 1. The van der Waals surface area contributed by atoms with Crippen molar-refractivity contribution in [2.24, 2.45) is 0 Å². The van der Waals surface area contributed by atoms with Gasteiger partial charge in [0.05, 0.1) is 12.8 Å². The van der Waals surface area contributed by atoms with E-state index in [2.05, 4.69) is 14.9 Å². The number of methoxy groups -OCH3 is 1. The van der Waals surface area contributed by atoms with Crippen LogP contribution in [0.1, 0.15) is 15.4 Å². The number of piperazine rings is 1. The van der Waals surface area contributed by atoms with Crippen LogP contribution in [0.5, 0.6) is 0 Å². The summed E-state index contributed by atoms with van der Waals surface area (Å²) in [4.78, 5) is 13.9. The maximum Gasteiger partial charge on any atom is 0.349 e. The van der Waals surface area contributed by atoms with Gasteiger partial charge in [-0.3, -0.25) is 0 Å². The van der Waals surface area contributed by atoms with Crippen molar-refractivity contribution in [1.82, 2.24) is 14.5 Å². The van der Waals surface area contributed by atoms with E-state index >= 15 is 0 Å². The van der Waals surface area contributed by atoms with E-state index in [1.54, 1.807) is 5.38 Å². The standard InChI is InChI=1S/C15H18N4O4S2/c1-11-3-4-13(17-16-11)18-6-8-19(9-7-18)25(21,22)12-5-10-24-14(12)15(20)23-2/h3-5,10H,6-9H2,1-2H3. The summed E-state index contributed by atoms with van der Waals surface area (Å²) >= 11 is 1.06. The van der Waals surface area contributed by atoms with Crippen LogP contribution in [0.2, 0.25) is 0 Å². The van der Waals surface area contributed by atoms with Crippen molar-refractivity contribution in [1.29, 1.82) is 0 Å². The predicted molar refractivity (Wildman–Crippen MR) is 93.4 cm³/mol. The predicted octanol–water partition coefficient (Wildman–Crippen LogP) is 1.14. The van der Waals surface area contributed by atoms with Crippen LogP contribution in [0.3, 0.4) is 0 Å². The lowest BCUT2D eigenvalue weighted by Crippen LogP contribution is -2.49. The van der Waals surface area contributed by atoms with Gasteiger partial charge in [-0.1, -0.05) is 0 Å². The summed E-state index contributed by atoms with van der Waals surface area (Å²) in [5, 5.41) is 9.75. The van der Waals surface area contributed by atoms with E-state index in [4.69, 9.17) is 0 Å². The highest BCUT2D eigenvalue weighted by molar-refractivity contribution is 7.89. The van der Waals surface area contributed by atoms with Gasteiger partial charge in [0.15, 0.2) is 5.82 Å². The minimum Gasteiger partial charge on any atom is -0.465 e. The molecule has 0 saturated carbocycles. The van der Waals surface area contributed by atoms with E-state index in [1.807, 2.05) is 24.0 Å². The monoisotopic (exact) mass is 382 g/mol. The Morgan fingerprint density at radius 2 is 1.88 bits per heavy atom. The van der Waals surface area contributed by atoms with Crippen molar-refractivity contribution >= 4 is 33.1 Å². The third kappa shape index (κ3) is 3.51. The Bertz CT molecular complexity index is 856. The number of anilines is 1. The molecule has 2 aromatic rings. The Hall–Kier alpha value is -2.04. The maximum absolute atomic E-state index is 12.9. The van der Waals surface area contributed by atoms with Crippen molar-refractivity contribution in [2.75, 3.05) is 38.2 Å². The number of aryl methyl sites for hydroxylation is 1. The van der Waals surface area contributed by atoms with Crippen molar-refractivity contribution in [3.63, 3.8) is 0 Å². The smallest absolute Gasteiger partial charge is 0.349 e. The van der Waals surface area contributed by atoms with E-state index in [0.29, 0.717) is 26.2 Å². The van der Waals surface area contributed by atoms with E-state index in [9.17, 15) is 13.2 Å². The zero-order chi connectivity index (χ0) is 18.0. The Labute approximate surface area is 150 Å². The van der Waals surface area contributed by atoms with E-state index in [-0.39, 0.29) is 9.77 Å². The fourth-order valence-electron chi connectivity index (χ4n) is 2.60. The van der Waals surface area contributed by atoms with Gasteiger partial charge in [-0.25, -0.2) is 13.2 Å². The second-order valence-corrected chi connectivity index (χ2v) is 8.35. The van der Waals surface area contributed by atoms with Gasteiger partial charge in [0.25, 0.3) is 0 Å². The lowest BCUT2D eigenvalue weighted by atomic mass is 10.3. The molecule has 1 aliphatic rings. The number of nitrogens with zero attached hydrogens (tertiary/aromatic N) is 4. The highest BCUT2D eigenvalue weighted by atomic mass is 32.2. The van der Waals surface area contributed by atoms with Crippen LogP contribution in [0.15, 0.2) is 28.5 Å². The number of rotatable bonds is 4. The molecule has 0 N–H and O–H groups in total. The van der Waals surface area contributed by atoms with E-state index in [0.717, 1.165) is 22.8 Å². The first-order chi connectivity index (χ1) is 11.9. The number of carbonyl (C=O) groups is 1. The summed E-state index contributed by atoms with van der Waals surface area (Å²) in [5.74, 6) is 0.0931. The fraction of sp³-hybridized carbons (Fsp3) is 0.400. The molecule has 1 saturated heterocycles. The Morgan fingerprint density at radius 3 is 2.48 bits per heavy atom. The number of aromatic nitrogens is 2. The van der Waals surface area contributed by atoms with Gasteiger partial charge < -0.3 is 9.64 Å². The molecule has 0 aliphatic carbocycles. The molecule has 0 unspecified atom stereocenters. The van der Waals surface area contributed by atoms with Crippen molar-refractivity contribution in [2.45, 2.75) is 11.8 Å². The van der Waals surface area contributed by atoms with Crippen LogP contribution in [-0.2, 0) is 14.8 Å². The molecule has 1 aliphatic heterocycles. The molecule has 3 rings (SSSR count). The molecule has 134 valence electrons. The fourth-order valence-corrected chi connectivity index (χ4v) is 5.33. The molecule has 8 nitrogen and oxygen atoms in total. The Balaban J connectivity index is 1.75. The molecule has 1 fully saturated rings. The largest absolute Gasteiger partial charge is 0.465 e. The minimum absolute atomic E-state index is 0.00734. The van der Waals surface area contributed by atoms with Crippen LogP contribution in [0, 0.1) is 6.92 Å². The quantitative estimate of drug-likeness (QED) is 0.732. The third-order valence-corrected chi connectivity index (χ3v) is 6.93. The molecule has 10 heteroatoms. The van der Waals surface area contributed by atoms with Gasteiger partial charge in [-0.2, -0.15) is 9.40 Å². The van der Waals surface area contributed by atoms with Crippen molar-refractivity contribution in [3.05, 3.63) is 34.2 Å². The molecular formula is C15H18N4O4S2. The summed E-state index contributed by atoms with van der Waals surface area (Å²) in [6.07, 6.45) is 0. The number of hydrogen-bond acceptors (Lipinski definition) is 8. The highest BCUT2D eigenvalue weighted by Gasteiger charge is 2.33. The molecule has 0 atom stereocenters. The van der Waals surface area contributed by atoms with Crippen LogP contribution < -0.4 is 4.90 Å². The molecule has 0 spiro atoms. The van der Waals surface area contributed by atoms with Gasteiger partial charge in [-0.15, -0.1) is 16.4 Å². The maximum atomic E-state index is 12.9. The van der Waals surface area contributed by atoms with Gasteiger partial charge in [-0.05, 0) is 30.5 Å². The van der Waals surface area contributed by atoms with Gasteiger partial charge in [0, 0.05) is 26.2 Å². The topological polar surface area (TPSA) is 92.7 Å². The third-order valence-electron chi connectivity index (χ3n) is 3.96. The molecule has 25 heavy (non-hydrogen) atoms. The summed E-state index contributed by atoms with van der Waals surface area (Å²) in [6.45, 7) is 3.51. The van der Waals surface area contributed by atoms with Crippen LogP contribution >= 0.6 is 11.3 Å². The van der Waals surface area contributed by atoms with Gasteiger partial charge in [0.2, 0.25) is 10.0 Å². The molecule has 0 radical (unpaired) electrons. The number of sulfonamides is 1. The summed E-state index contributed by atoms with van der Waals surface area (Å²) in [5.41, 5.74) is 0.831. The first-order valence-electron chi connectivity index (χ1n) is 7.64. The molecule has 3 heterocycles. The molecule has 0 bridgehead atoms. The first kappa shape index (κ1) is 17.8. The normalized spacial score (nSPS) is 16.0. The Morgan fingerprint density at radius 1 is 1.16 bits per heavy atom. The zero-order valence-corrected chi connectivity index (χ0v) is 15.5. The average Bonchev–Trinajstić information content (AvgIpc) is 3.12. The first-order valence-corrected chi connectivity index (χ1v) is 9.96. The molecule has 0 aromatic carbocycles. The molecular weight excluding hydrogens is 364 g/mol. The number of thiophene rings is 1. The zero-order valence-electron chi connectivity index (χ0n) is 13.9. The Kier molecular flexibility index (Phi) is 5.02. The highest BCUT2D eigenvalue weighted by Crippen LogP contribution is 2.27. The van der Waals surface area contributed by atoms with Gasteiger partial charge >= 0.3 is 5.97 Å². The van der Waals surface area contributed by atoms with Crippen molar-refractivity contribution in [3.8, 4) is 0 Å². The van der Waals surface area contributed by atoms with Gasteiger partial charge in [0.1, 0.15) is 9.77 Å². The summed E-state index contributed by atoms with van der Waals surface area (Å²) in [6, 6.07) is 5.20. The van der Waals surface area contributed by atoms with Crippen LogP contribution in [0.4, 0.5) is 5.82 Å². The van der Waals surface area contributed by atoms with Crippen LogP contribution in [-0.4, -0.2) is 62.2 Å². The van der Waals surface area contributed by atoms with E-state index < -0.39 is 16.0 Å². The summed E-state index contributed by atoms with van der Waals surface area (Å²) < 4.78 is 31.8. The molecule has 0 amide bonds. The van der Waals surface area contributed by atoms with Crippen molar-refractivity contribution < 1.29 is 17.9 Å². The molecule has 2 aromatic heterocycles. The van der Waals surface area contributed by atoms with E-state index in [1.165, 1.54) is 17.5 Å². The SMILES string of the molecule is COC(=O)c1sccc1S(=O)(=O)N1CCN(c2ccc(C)nn2)CC1.